The first-order valence-electron chi connectivity index (χ1n) is 9.82. The van der Waals surface area contributed by atoms with E-state index in [2.05, 4.69) is 16.0 Å². The second-order valence-electron chi connectivity index (χ2n) is 8.15. The molecular weight excluding hydrogens is 431 g/mol. The normalized spacial score (nSPS) is 26.0. The van der Waals surface area contributed by atoms with Gasteiger partial charge in [0.05, 0.1) is 29.9 Å². The third-order valence-corrected chi connectivity index (χ3v) is 7.23. The first kappa shape index (κ1) is 23.2. The van der Waals surface area contributed by atoms with Crippen LogP contribution in [0.4, 0.5) is 13.2 Å². The van der Waals surface area contributed by atoms with Crippen LogP contribution in [0.5, 0.6) is 0 Å². The van der Waals surface area contributed by atoms with Gasteiger partial charge < -0.3 is 4.90 Å². The van der Waals surface area contributed by atoms with Crippen molar-refractivity contribution in [1.29, 1.82) is 5.26 Å². The lowest BCUT2D eigenvalue weighted by molar-refractivity contribution is 0.170. The molecule has 11 heteroatoms. The fourth-order valence-corrected chi connectivity index (χ4v) is 5.30. The highest BCUT2D eigenvalue weighted by atomic mass is 32.2. The smallest absolute Gasteiger partial charge is 0.244 e. The number of aromatic nitrogens is 2. The van der Waals surface area contributed by atoms with Crippen molar-refractivity contribution in [3.05, 3.63) is 41.9 Å². The fraction of sp³-hybridized carbons (Fsp3) is 0.550. The maximum atomic E-state index is 14.0. The average molecular weight is 456 g/mol. The number of nitrogens with zero attached hydrogens (tertiary/aromatic N) is 4. The molecule has 1 fully saturated rings. The van der Waals surface area contributed by atoms with E-state index in [1.807, 2.05) is 23.5 Å². The Morgan fingerprint density at radius 1 is 1.32 bits per heavy atom. The van der Waals surface area contributed by atoms with Crippen molar-refractivity contribution in [3.63, 3.8) is 0 Å². The largest absolute Gasteiger partial charge is 0.360 e. The van der Waals surface area contributed by atoms with Crippen LogP contribution in [0.15, 0.2) is 41.0 Å². The Labute approximate surface area is 179 Å². The van der Waals surface area contributed by atoms with Crippen LogP contribution >= 0.6 is 0 Å². The van der Waals surface area contributed by atoms with Crippen molar-refractivity contribution in [2.45, 2.75) is 50.2 Å². The summed E-state index contributed by atoms with van der Waals surface area (Å²) in [5.41, 5.74) is -0.306. The number of nitriles is 1. The van der Waals surface area contributed by atoms with Gasteiger partial charge in [0.15, 0.2) is 5.82 Å². The lowest BCUT2D eigenvalue weighted by Crippen LogP contribution is -2.38. The molecule has 1 aliphatic carbocycles. The molecular formula is C20H24F3N5O2S. The van der Waals surface area contributed by atoms with E-state index in [4.69, 9.17) is 0 Å². The van der Waals surface area contributed by atoms with Gasteiger partial charge in [-0.2, -0.15) is 5.26 Å². The molecule has 31 heavy (non-hydrogen) atoms. The number of halogens is 3. The number of hydrogen-bond donors (Lipinski definition) is 1. The number of fused-ring (bicyclic) bond motifs is 1. The lowest BCUT2D eigenvalue weighted by Gasteiger charge is -2.34. The minimum Gasteiger partial charge on any atom is -0.360 e. The minimum atomic E-state index is -4.22. The van der Waals surface area contributed by atoms with E-state index >= 15 is 0 Å². The van der Waals surface area contributed by atoms with E-state index in [-0.39, 0.29) is 28.5 Å². The van der Waals surface area contributed by atoms with Gasteiger partial charge in [-0.1, -0.05) is 0 Å². The fourth-order valence-electron chi connectivity index (χ4n) is 4.21. The van der Waals surface area contributed by atoms with Crippen LogP contribution < -0.4 is 4.72 Å². The van der Waals surface area contributed by atoms with E-state index in [0.717, 1.165) is 12.4 Å². The highest BCUT2D eigenvalue weighted by Crippen LogP contribution is 2.57. The van der Waals surface area contributed by atoms with Crippen LogP contribution in [-0.4, -0.2) is 48.7 Å². The van der Waals surface area contributed by atoms with Gasteiger partial charge in [-0.15, -0.1) is 0 Å². The molecule has 1 aromatic rings. The van der Waals surface area contributed by atoms with Gasteiger partial charge in [0, 0.05) is 17.7 Å². The van der Waals surface area contributed by atoms with Crippen molar-refractivity contribution in [2.24, 2.45) is 11.3 Å². The Morgan fingerprint density at radius 2 is 1.94 bits per heavy atom. The first-order chi connectivity index (χ1) is 14.6. The summed E-state index contributed by atoms with van der Waals surface area (Å²) in [6.45, 7) is 3.18. The predicted molar refractivity (Wildman–Crippen MR) is 107 cm³/mol. The van der Waals surface area contributed by atoms with Gasteiger partial charge in [-0.3, -0.25) is 0 Å². The zero-order chi connectivity index (χ0) is 23.0. The van der Waals surface area contributed by atoms with Gasteiger partial charge in [0.2, 0.25) is 10.0 Å². The minimum absolute atomic E-state index is 0.108. The molecule has 0 amide bonds. The Kier molecular flexibility index (Phi) is 6.43. The van der Waals surface area contributed by atoms with Crippen LogP contribution in [-0.2, 0) is 10.0 Å². The Bertz CT molecular complexity index is 1030. The Balaban J connectivity index is 2.01. The van der Waals surface area contributed by atoms with Crippen molar-refractivity contribution in [1.82, 2.24) is 19.6 Å². The van der Waals surface area contributed by atoms with Gasteiger partial charge in [-0.25, -0.2) is 36.3 Å². The van der Waals surface area contributed by atoms with Gasteiger partial charge in [-0.05, 0) is 39.3 Å². The number of alkyl halides is 2. The number of sulfonamides is 1. The van der Waals surface area contributed by atoms with E-state index in [0.29, 0.717) is 12.1 Å². The summed E-state index contributed by atoms with van der Waals surface area (Å²) in [5.74, 6) is -0.436. The first-order valence-corrected chi connectivity index (χ1v) is 11.3. The maximum Gasteiger partial charge on any atom is 0.244 e. The molecule has 3 rings (SSSR count). The van der Waals surface area contributed by atoms with Gasteiger partial charge in [0.1, 0.15) is 30.1 Å². The molecule has 2 heterocycles. The Hall–Kier alpha value is -2.45. The summed E-state index contributed by atoms with van der Waals surface area (Å²) in [6, 6.07) is 0.110. The highest BCUT2D eigenvalue weighted by molar-refractivity contribution is 7.89. The van der Waals surface area contributed by atoms with E-state index < -0.39 is 40.9 Å². The quantitative estimate of drug-likeness (QED) is 0.678. The monoisotopic (exact) mass is 455 g/mol. The van der Waals surface area contributed by atoms with Crippen LogP contribution in [0, 0.1) is 22.7 Å². The second kappa shape index (κ2) is 8.59. The highest BCUT2D eigenvalue weighted by Gasteiger charge is 2.57. The summed E-state index contributed by atoms with van der Waals surface area (Å²) < 4.78 is 66.1. The average Bonchev–Trinajstić information content (AvgIpc) is 3.00. The molecule has 3 unspecified atom stereocenters. The van der Waals surface area contributed by atoms with Crippen molar-refractivity contribution in [3.8, 4) is 6.07 Å². The number of allylic oxidation sites excluding steroid dienone is 4. The third kappa shape index (κ3) is 4.06. The summed E-state index contributed by atoms with van der Waals surface area (Å²) in [7, 11) is -4.22. The Morgan fingerprint density at radius 3 is 2.45 bits per heavy atom. The van der Waals surface area contributed by atoms with Gasteiger partial charge >= 0.3 is 0 Å². The standard InChI is InChI=1S/C20H24F3N5O2S/c1-12(2)28-17-6-13(23)4-5-16(17)20(3,11-24)18(28)19-25-9-15(10-26-19)31(29,30)27-14(7-21)8-22/h4,6,9-10,12,14,16,18,27H,5,7-8H2,1-3H3. The number of likely N-dealkylation sites (tertiary alicyclic amines) is 1. The lowest BCUT2D eigenvalue weighted by atomic mass is 9.72. The zero-order valence-electron chi connectivity index (χ0n) is 17.4. The van der Waals surface area contributed by atoms with Crippen LogP contribution in [0.1, 0.15) is 39.1 Å². The molecule has 0 radical (unpaired) electrons. The maximum absolute atomic E-state index is 14.0. The molecule has 0 spiro atoms. The van der Waals surface area contributed by atoms with Crippen molar-refractivity contribution in [2.75, 3.05) is 13.3 Å². The molecule has 0 saturated carbocycles. The molecule has 1 saturated heterocycles. The molecule has 1 N–H and O–H groups in total. The number of rotatable bonds is 7. The van der Waals surface area contributed by atoms with Crippen LogP contribution in [0.25, 0.3) is 0 Å². The molecule has 7 nitrogen and oxygen atoms in total. The SMILES string of the molecule is CC(C)N1C2=CC(F)=CCC2C(C)(C#N)C1c1ncc(S(=O)(=O)NC(CF)CF)cn1. The van der Waals surface area contributed by atoms with E-state index in [1.165, 1.54) is 12.2 Å². The summed E-state index contributed by atoms with van der Waals surface area (Å²) >= 11 is 0. The molecule has 1 aliphatic heterocycles. The van der Waals surface area contributed by atoms with Gasteiger partial charge in [0.25, 0.3) is 0 Å². The van der Waals surface area contributed by atoms with Crippen LogP contribution in [0.2, 0.25) is 0 Å². The zero-order valence-corrected chi connectivity index (χ0v) is 18.2. The van der Waals surface area contributed by atoms with Crippen LogP contribution in [0.3, 0.4) is 0 Å². The summed E-state index contributed by atoms with van der Waals surface area (Å²) in [4.78, 5) is 9.93. The molecule has 1 aromatic heterocycles. The van der Waals surface area contributed by atoms with Crippen molar-refractivity contribution >= 4 is 10.0 Å². The molecule has 3 atom stereocenters. The summed E-state index contributed by atoms with van der Waals surface area (Å²) in [5, 5.41) is 10.0. The third-order valence-electron chi connectivity index (χ3n) is 5.75. The topological polar surface area (TPSA) is 99.0 Å². The van der Waals surface area contributed by atoms with Crippen molar-refractivity contribution < 1.29 is 21.6 Å². The molecule has 2 aliphatic rings. The molecule has 168 valence electrons. The molecule has 0 aromatic carbocycles. The second-order valence-corrected chi connectivity index (χ2v) is 9.86. The van der Waals surface area contributed by atoms with E-state index in [9.17, 15) is 26.9 Å². The molecule has 0 bridgehead atoms. The van der Waals surface area contributed by atoms with E-state index in [1.54, 1.807) is 6.92 Å². The summed E-state index contributed by atoms with van der Waals surface area (Å²) in [6.07, 6.45) is 5.30. The predicted octanol–water partition coefficient (Wildman–Crippen LogP) is 3.11. The number of nitrogens with one attached hydrogen (secondary N) is 1. The number of hydrogen-bond acceptors (Lipinski definition) is 6.